The van der Waals surface area contributed by atoms with E-state index in [1.165, 1.54) is 0 Å². The summed E-state index contributed by atoms with van der Waals surface area (Å²) < 4.78 is 5.69. The summed E-state index contributed by atoms with van der Waals surface area (Å²) in [4.78, 5) is 24.8. The Morgan fingerprint density at radius 1 is 1.38 bits per heavy atom. The monoisotopic (exact) mass is 311 g/mol. The van der Waals surface area contributed by atoms with Crippen LogP contribution in [0.5, 0.6) is 0 Å². The molecule has 1 heterocycles. The molecule has 0 radical (unpaired) electrons. The fourth-order valence-electron chi connectivity index (χ4n) is 2.11. The lowest BCUT2D eigenvalue weighted by Crippen LogP contribution is -2.47. The lowest BCUT2D eigenvalue weighted by atomic mass is 10.1. The highest BCUT2D eigenvalue weighted by Crippen LogP contribution is 2.23. The van der Waals surface area contributed by atoms with Gasteiger partial charge in [0, 0.05) is 11.6 Å². The van der Waals surface area contributed by atoms with E-state index in [1.807, 2.05) is 12.1 Å². The zero-order valence-electron chi connectivity index (χ0n) is 11.5. The van der Waals surface area contributed by atoms with Crippen LogP contribution in [0.2, 0.25) is 5.02 Å². The maximum Gasteiger partial charge on any atom is 0.242 e. The third-order valence-corrected chi connectivity index (χ3v) is 3.54. The zero-order valence-corrected chi connectivity index (χ0v) is 12.3. The van der Waals surface area contributed by atoms with Crippen molar-refractivity contribution in [1.29, 1.82) is 0 Å². The van der Waals surface area contributed by atoms with Crippen LogP contribution in [0, 0.1) is 0 Å². The molecular weight excluding hydrogens is 294 g/mol. The molecule has 0 bridgehead atoms. The highest BCUT2D eigenvalue weighted by Gasteiger charge is 2.25. The van der Waals surface area contributed by atoms with Gasteiger partial charge in [-0.05, 0) is 17.7 Å². The number of hydrogen-bond acceptors (Lipinski definition) is 4. The molecule has 1 unspecified atom stereocenters. The van der Waals surface area contributed by atoms with Crippen molar-refractivity contribution in [3.8, 4) is 0 Å². The summed E-state index contributed by atoms with van der Waals surface area (Å²) in [7, 11) is 0. The maximum atomic E-state index is 12.0. The van der Waals surface area contributed by atoms with Crippen molar-refractivity contribution in [3.63, 3.8) is 0 Å². The van der Waals surface area contributed by atoms with Crippen LogP contribution in [0.15, 0.2) is 24.3 Å². The lowest BCUT2D eigenvalue weighted by molar-refractivity contribution is -0.139. The molecule has 1 saturated heterocycles. The summed E-state index contributed by atoms with van der Waals surface area (Å²) in [6.45, 7) is 1.28. The molecule has 1 aromatic rings. The van der Waals surface area contributed by atoms with E-state index in [0.29, 0.717) is 24.7 Å². The van der Waals surface area contributed by atoms with Gasteiger partial charge in [0.25, 0.3) is 0 Å². The van der Waals surface area contributed by atoms with Gasteiger partial charge in [-0.25, -0.2) is 0 Å². The van der Waals surface area contributed by atoms with Crippen molar-refractivity contribution in [2.24, 2.45) is 5.73 Å². The van der Waals surface area contributed by atoms with Crippen molar-refractivity contribution in [1.82, 2.24) is 10.2 Å². The van der Waals surface area contributed by atoms with E-state index in [2.05, 4.69) is 5.32 Å². The van der Waals surface area contributed by atoms with E-state index in [1.54, 1.807) is 17.0 Å². The Balaban J connectivity index is 1.92. The second kappa shape index (κ2) is 7.40. The van der Waals surface area contributed by atoms with Crippen LogP contribution in [-0.2, 0) is 14.3 Å². The molecule has 1 aromatic carbocycles. The van der Waals surface area contributed by atoms with Crippen LogP contribution < -0.4 is 11.1 Å². The van der Waals surface area contributed by atoms with Crippen molar-refractivity contribution < 1.29 is 14.3 Å². The Morgan fingerprint density at radius 2 is 2.10 bits per heavy atom. The maximum absolute atomic E-state index is 12.0. The summed E-state index contributed by atoms with van der Waals surface area (Å²) in [5, 5.41) is 3.14. The Labute approximate surface area is 128 Å². The smallest absolute Gasteiger partial charge is 0.242 e. The van der Waals surface area contributed by atoms with Gasteiger partial charge in [0.15, 0.2) is 0 Å². The Morgan fingerprint density at radius 3 is 2.76 bits per heavy atom. The summed E-state index contributed by atoms with van der Waals surface area (Å²) in [5.74, 6) is -0.482. The molecule has 0 aliphatic carbocycles. The first-order valence-corrected chi connectivity index (χ1v) is 7.09. The molecule has 0 saturated carbocycles. The minimum Gasteiger partial charge on any atom is -0.370 e. The molecule has 7 heteroatoms. The summed E-state index contributed by atoms with van der Waals surface area (Å²) in [5.41, 5.74) is 6.15. The number of nitrogens with two attached hydrogens (primary N) is 1. The normalized spacial score (nSPS) is 18.4. The van der Waals surface area contributed by atoms with Crippen LogP contribution in [0.4, 0.5) is 0 Å². The number of halogens is 1. The van der Waals surface area contributed by atoms with E-state index < -0.39 is 0 Å². The number of carbonyl (C=O) groups is 2. The van der Waals surface area contributed by atoms with Gasteiger partial charge in [-0.2, -0.15) is 0 Å². The molecule has 21 heavy (non-hydrogen) atoms. The van der Waals surface area contributed by atoms with Gasteiger partial charge in [0.05, 0.1) is 26.2 Å². The van der Waals surface area contributed by atoms with Gasteiger partial charge < -0.3 is 20.7 Å². The van der Waals surface area contributed by atoms with Crippen molar-refractivity contribution >= 4 is 23.4 Å². The second-order valence-corrected chi connectivity index (χ2v) is 5.17. The largest absolute Gasteiger partial charge is 0.370 e. The number of amides is 2. The number of benzene rings is 1. The number of ether oxygens (including phenoxy) is 1. The molecule has 0 spiro atoms. The molecule has 114 valence electrons. The number of nitrogens with zero attached hydrogens (tertiary/aromatic N) is 1. The second-order valence-electron chi connectivity index (χ2n) is 4.73. The molecule has 0 aromatic heterocycles. The summed E-state index contributed by atoms with van der Waals surface area (Å²) >= 11 is 5.86. The topological polar surface area (TPSA) is 84.7 Å². The highest BCUT2D eigenvalue weighted by atomic mass is 35.5. The van der Waals surface area contributed by atoms with E-state index in [-0.39, 0.29) is 31.0 Å². The number of morpholine rings is 1. The summed E-state index contributed by atoms with van der Waals surface area (Å²) in [6, 6.07) is 7.36. The van der Waals surface area contributed by atoms with Gasteiger partial charge in [0.1, 0.15) is 6.10 Å². The standard InChI is InChI=1S/C14H18ClN3O3/c15-11-3-1-10(2-4-11)12-9-18(5-6-21-12)14(20)8-17-13(19)7-16/h1-4,12H,5-9,16H2,(H,17,19). The lowest BCUT2D eigenvalue weighted by Gasteiger charge is -2.33. The molecule has 3 N–H and O–H groups in total. The Bertz CT molecular complexity index is 507. The molecule has 6 nitrogen and oxygen atoms in total. The third-order valence-electron chi connectivity index (χ3n) is 3.28. The Hall–Kier alpha value is -1.63. The minimum absolute atomic E-state index is 0.0383. The van der Waals surface area contributed by atoms with E-state index in [9.17, 15) is 9.59 Å². The predicted octanol–water partition coefficient (Wildman–Crippen LogP) is 0.315. The number of rotatable bonds is 4. The minimum atomic E-state index is -0.342. The molecule has 1 atom stereocenters. The predicted molar refractivity (Wildman–Crippen MR) is 78.8 cm³/mol. The average Bonchev–Trinajstić information content (AvgIpc) is 2.53. The average molecular weight is 312 g/mol. The molecule has 2 amide bonds. The van der Waals surface area contributed by atoms with Gasteiger partial charge in [-0.15, -0.1) is 0 Å². The van der Waals surface area contributed by atoms with Crippen LogP contribution in [0.3, 0.4) is 0 Å². The molecule has 1 fully saturated rings. The molecule has 2 rings (SSSR count). The number of carbonyl (C=O) groups excluding carboxylic acids is 2. The van der Waals surface area contributed by atoms with Crippen molar-refractivity contribution in [3.05, 3.63) is 34.9 Å². The van der Waals surface area contributed by atoms with Gasteiger partial charge in [-0.1, -0.05) is 23.7 Å². The van der Waals surface area contributed by atoms with Gasteiger partial charge >= 0.3 is 0 Å². The number of nitrogens with one attached hydrogen (secondary N) is 1. The molecule has 1 aliphatic heterocycles. The first-order chi connectivity index (χ1) is 10.1. The quantitative estimate of drug-likeness (QED) is 0.838. The first kappa shape index (κ1) is 15.8. The van der Waals surface area contributed by atoms with Crippen LogP contribution in [-0.4, -0.2) is 49.5 Å². The molecule has 1 aliphatic rings. The SMILES string of the molecule is NCC(=O)NCC(=O)N1CCOC(c2ccc(Cl)cc2)C1. The first-order valence-electron chi connectivity index (χ1n) is 6.71. The van der Waals surface area contributed by atoms with E-state index in [0.717, 1.165) is 5.56 Å². The van der Waals surface area contributed by atoms with Crippen LogP contribution in [0.25, 0.3) is 0 Å². The van der Waals surface area contributed by atoms with Crippen LogP contribution >= 0.6 is 11.6 Å². The van der Waals surface area contributed by atoms with E-state index in [4.69, 9.17) is 22.1 Å². The van der Waals surface area contributed by atoms with Crippen LogP contribution in [0.1, 0.15) is 11.7 Å². The third kappa shape index (κ3) is 4.42. The summed E-state index contributed by atoms with van der Waals surface area (Å²) in [6.07, 6.45) is -0.176. The Kier molecular flexibility index (Phi) is 5.55. The fourth-order valence-corrected chi connectivity index (χ4v) is 2.24. The fraction of sp³-hybridized carbons (Fsp3) is 0.429. The highest BCUT2D eigenvalue weighted by molar-refractivity contribution is 6.30. The molecular formula is C14H18ClN3O3. The van der Waals surface area contributed by atoms with Crippen molar-refractivity contribution in [2.45, 2.75) is 6.10 Å². The van der Waals surface area contributed by atoms with Gasteiger partial charge in [-0.3, -0.25) is 9.59 Å². The van der Waals surface area contributed by atoms with Crippen molar-refractivity contribution in [2.75, 3.05) is 32.8 Å². The van der Waals surface area contributed by atoms with Gasteiger partial charge in [0.2, 0.25) is 11.8 Å². The zero-order chi connectivity index (χ0) is 15.2. The number of hydrogen-bond donors (Lipinski definition) is 2. The van der Waals surface area contributed by atoms with E-state index >= 15 is 0 Å².